The molecule has 0 saturated heterocycles. The number of aromatic nitrogens is 6. The Morgan fingerprint density at radius 3 is 2.61 bits per heavy atom. The zero-order chi connectivity index (χ0) is 19.1. The average Bonchev–Trinajstić information content (AvgIpc) is 3.38. The molecule has 3 aromatic heterocycles. The van der Waals surface area contributed by atoms with Crippen LogP contribution in [0.25, 0.3) is 38.9 Å². The summed E-state index contributed by atoms with van der Waals surface area (Å²) >= 11 is 1.34. The van der Waals surface area contributed by atoms with Gasteiger partial charge in [-0.1, -0.05) is 42.5 Å². The minimum Gasteiger partial charge on any atom is -0.268 e. The summed E-state index contributed by atoms with van der Waals surface area (Å²) < 4.78 is 15.3. The lowest BCUT2D eigenvalue weighted by molar-refractivity contribution is 0.628. The first-order valence-electron chi connectivity index (χ1n) is 8.32. The Kier molecular flexibility index (Phi) is 3.80. The second-order valence-corrected chi connectivity index (χ2v) is 6.83. The lowest BCUT2D eigenvalue weighted by atomic mass is 10.1. The van der Waals surface area contributed by atoms with Crippen LogP contribution in [0.5, 0.6) is 0 Å². The number of hydrogen-bond acceptors (Lipinski definition) is 6. The molecule has 0 fully saturated rings. The minimum atomic E-state index is -0.422. The Hall–Kier alpha value is -3.72. The lowest BCUT2D eigenvalue weighted by Gasteiger charge is -2.08. The SMILES string of the molecule is O=c1c(-c2nn[nH]n2)c(-c2cccc(F)c2)nc2scc(-c3ccccc3)n12. The number of thiazole rings is 1. The number of aromatic amines is 1. The fourth-order valence-electron chi connectivity index (χ4n) is 3.07. The van der Waals surface area contributed by atoms with Crippen molar-refractivity contribution in [2.45, 2.75) is 0 Å². The quantitative estimate of drug-likeness (QED) is 0.510. The summed E-state index contributed by atoms with van der Waals surface area (Å²) in [4.78, 5) is 18.6. The molecule has 2 aromatic carbocycles. The summed E-state index contributed by atoms with van der Waals surface area (Å²) in [5, 5.41) is 15.7. The maximum absolute atomic E-state index is 13.8. The van der Waals surface area contributed by atoms with Crippen molar-refractivity contribution in [3.8, 4) is 33.9 Å². The highest BCUT2D eigenvalue weighted by Gasteiger charge is 2.22. The molecule has 0 aliphatic carbocycles. The topological polar surface area (TPSA) is 88.8 Å². The molecule has 5 rings (SSSR count). The van der Waals surface area contributed by atoms with Crippen LogP contribution in [-0.2, 0) is 0 Å². The van der Waals surface area contributed by atoms with E-state index in [1.165, 1.54) is 27.9 Å². The maximum atomic E-state index is 13.8. The van der Waals surface area contributed by atoms with Gasteiger partial charge in [0.05, 0.1) is 11.4 Å². The highest BCUT2D eigenvalue weighted by atomic mass is 32.1. The zero-order valence-electron chi connectivity index (χ0n) is 14.2. The van der Waals surface area contributed by atoms with Gasteiger partial charge in [-0.2, -0.15) is 5.21 Å². The van der Waals surface area contributed by atoms with Gasteiger partial charge in [0.15, 0.2) is 4.96 Å². The van der Waals surface area contributed by atoms with Crippen molar-refractivity contribution in [3.05, 3.63) is 76.1 Å². The summed E-state index contributed by atoms with van der Waals surface area (Å²) in [6, 6.07) is 15.5. The predicted molar refractivity (Wildman–Crippen MR) is 103 cm³/mol. The van der Waals surface area contributed by atoms with Gasteiger partial charge in [-0.3, -0.25) is 9.20 Å². The highest BCUT2D eigenvalue weighted by Crippen LogP contribution is 2.30. The molecule has 0 unspecified atom stereocenters. The smallest absolute Gasteiger partial charge is 0.268 e. The number of benzene rings is 2. The van der Waals surface area contributed by atoms with E-state index >= 15 is 0 Å². The Morgan fingerprint density at radius 1 is 1.04 bits per heavy atom. The molecular formula is C19H11FN6OS. The second kappa shape index (κ2) is 6.46. The molecule has 0 radical (unpaired) electrons. The number of rotatable bonds is 3. The van der Waals surface area contributed by atoms with Crippen LogP contribution in [0, 0.1) is 5.82 Å². The van der Waals surface area contributed by atoms with Crippen molar-refractivity contribution >= 4 is 16.3 Å². The van der Waals surface area contributed by atoms with Crippen LogP contribution in [0.4, 0.5) is 4.39 Å². The zero-order valence-corrected chi connectivity index (χ0v) is 15.0. The number of nitrogens with zero attached hydrogens (tertiary/aromatic N) is 5. The van der Waals surface area contributed by atoms with Crippen LogP contribution < -0.4 is 5.56 Å². The molecule has 0 saturated carbocycles. The average molecular weight is 390 g/mol. The van der Waals surface area contributed by atoms with Crippen molar-refractivity contribution in [1.29, 1.82) is 0 Å². The Balaban J connectivity index is 1.87. The van der Waals surface area contributed by atoms with E-state index in [-0.39, 0.29) is 16.9 Å². The molecule has 9 heteroatoms. The predicted octanol–water partition coefficient (Wildman–Crippen LogP) is 3.41. The summed E-state index contributed by atoms with van der Waals surface area (Å²) in [6.07, 6.45) is 0. The Bertz CT molecular complexity index is 1340. The molecule has 1 N–H and O–H groups in total. The van der Waals surface area contributed by atoms with E-state index < -0.39 is 5.82 Å². The molecular weight excluding hydrogens is 379 g/mol. The van der Waals surface area contributed by atoms with Gasteiger partial charge < -0.3 is 0 Å². The Morgan fingerprint density at radius 2 is 1.86 bits per heavy atom. The highest BCUT2D eigenvalue weighted by molar-refractivity contribution is 7.15. The first-order chi connectivity index (χ1) is 13.7. The number of hydrogen-bond donors (Lipinski definition) is 1. The number of fused-ring (bicyclic) bond motifs is 1. The van der Waals surface area contributed by atoms with Crippen LogP contribution in [0.3, 0.4) is 0 Å². The van der Waals surface area contributed by atoms with Crippen molar-refractivity contribution in [3.63, 3.8) is 0 Å². The van der Waals surface area contributed by atoms with E-state index in [0.29, 0.717) is 21.9 Å². The molecule has 0 atom stereocenters. The van der Waals surface area contributed by atoms with Gasteiger partial charge in [0.2, 0.25) is 5.82 Å². The number of halogens is 1. The first-order valence-corrected chi connectivity index (χ1v) is 9.20. The van der Waals surface area contributed by atoms with Gasteiger partial charge in [-0.25, -0.2) is 9.37 Å². The second-order valence-electron chi connectivity index (χ2n) is 5.99. The number of tetrazole rings is 1. The number of H-pyrrole nitrogens is 1. The van der Waals surface area contributed by atoms with E-state index in [4.69, 9.17) is 0 Å². The third kappa shape index (κ3) is 2.60. The maximum Gasteiger partial charge on any atom is 0.270 e. The third-order valence-corrected chi connectivity index (χ3v) is 5.13. The minimum absolute atomic E-state index is 0.108. The van der Waals surface area contributed by atoms with Gasteiger partial charge in [-0.15, -0.1) is 21.5 Å². The van der Waals surface area contributed by atoms with Gasteiger partial charge in [-0.05, 0) is 22.9 Å². The van der Waals surface area contributed by atoms with Crippen molar-refractivity contribution in [2.75, 3.05) is 0 Å². The van der Waals surface area contributed by atoms with Crippen LogP contribution in [0.2, 0.25) is 0 Å². The Labute approximate surface area is 161 Å². The third-order valence-electron chi connectivity index (χ3n) is 4.31. The van der Waals surface area contributed by atoms with Crippen LogP contribution in [0.1, 0.15) is 0 Å². The molecule has 28 heavy (non-hydrogen) atoms. The standard InChI is InChI=1S/C19H11FN6OS/c20-13-8-4-7-12(9-13)16-15(17-22-24-25-23-17)18(27)26-14(10-28-19(26)21-16)11-5-2-1-3-6-11/h1-10H,(H,22,23,24,25). The molecule has 5 aromatic rings. The van der Waals surface area contributed by atoms with Crippen LogP contribution in [-0.4, -0.2) is 30.0 Å². The largest absolute Gasteiger partial charge is 0.270 e. The van der Waals surface area contributed by atoms with Crippen LogP contribution >= 0.6 is 11.3 Å². The summed E-state index contributed by atoms with van der Waals surface area (Å²) in [6.45, 7) is 0. The van der Waals surface area contributed by atoms with Crippen molar-refractivity contribution in [2.24, 2.45) is 0 Å². The van der Waals surface area contributed by atoms with E-state index in [0.717, 1.165) is 5.56 Å². The first kappa shape index (κ1) is 16.5. The van der Waals surface area contributed by atoms with Crippen molar-refractivity contribution in [1.82, 2.24) is 30.0 Å². The van der Waals surface area contributed by atoms with E-state index in [2.05, 4.69) is 25.6 Å². The molecule has 0 bridgehead atoms. The molecule has 136 valence electrons. The van der Waals surface area contributed by atoms with Crippen molar-refractivity contribution < 1.29 is 4.39 Å². The summed E-state index contributed by atoms with van der Waals surface area (Å²) in [5.41, 5.74) is 2.20. The van der Waals surface area contributed by atoms with Crippen LogP contribution in [0.15, 0.2) is 64.8 Å². The van der Waals surface area contributed by atoms with E-state index in [1.54, 1.807) is 12.1 Å². The lowest BCUT2D eigenvalue weighted by Crippen LogP contribution is -2.19. The van der Waals surface area contributed by atoms with Gasteiger partial charge in [0.25, 0.3) is 5.56 Å². The normalized spacial score (nSPS) is 11.2. The summed E-state index contributed by atoms with van der Waals surface area (Å²) in [7, 11) is 0. The number of nitrogens with one attached hydrogen (secondary N) is 1. The molecule has 3 heterocycles. The fourth-order valence-corrected chi connectivity index (χ4v) is 3.96. The molecule has 7 nitrogen and oxygen atoms in total. The van der Waals surface area contributed by atoms with Gasteiger partial charge in [0.1, 0.15) is 11.4 Å². The molecule has 0 aliphatic rings. The van der Waals surface area contributed by atoms with Gasteiger partial charge >= 0.3 is 0 Å². The molecule has 0 aliphatic heterocycles. The monoisotopic (exact) mass is 390 g/mol. The van der Waals surface area contributed by atoms with E-state index in [9.17, 15) is 9.18 Å². The molecule has 0 spiro atoms. The summed E-state index contributed by atoms with van der Waals surface area (Å²) in [5.74, 6) is -0.314. The molecule has 0 amide bonds. The van der Waals surface area contributed by atoms with Gasteiger partial charge in [0, 0.05) is 10.9 Å². The fraction of sp³-hybridized carbons (Fsp3) is 0. The van der Waals surface area contributed by atoms with E-state index in [1.807, 2.05) is 35.7 Å².